The van der Waals surface area contributed by atoms with E-state index in [9.17, 15) is 4.79 Å². The largest absolute Gasteiger partial charge is 0.361 e. The molecule has 2 rings (SSSR count). The number of aryl methyl sites for hydroxylation is 2. The predicted molar refractivity (Wildman–Crippen MR) is 82.2 cm³/mol. The first-order chi connectivity index (χ1) is 10.2. The number of aromatic nitrogens is 1. The second-order valence-corrected chi connectivity index (χ2v) is 5.94. The van der Waals surface area contributed by atoms with Crippen LogP contribution in [0.3, 0.4) is 0 Å². The van der Waals surface area contributed by atoms with E-state index in [1.54, 1.807) is 0 Å². The molecule has 0 spiro atoms. The standard InChI is InChI=1S/C16H27N3O2/c1-13-15(14(2)21-18-13)12-16(20)17-8-7-11-19-9-5-3-4-6-10-19/h3-12H2,1-2H3,(H,17,20). The summed E-state index contributed by atoms with van der Waals surface area (Å²) in [6, 6.07) is 0. The van der Waals surface area contributed by atoms with E-state index in [0.717, 1.165) is 36.5 Å². The average molecular weight is 293 g/mol. The molecule has 1 aliphatic rings. The second kappa shape index (κ2) is 8.17. The second-order valence-electron chi connectivity index (χ2n) is 5.94. The molecule has 2 heterocycles. The Bertz CT molecular complexity index is 429. The molecular weight excluding hydrogens is 266 g/mol. The van der Waals surface area contributed by atoms with Gasteiger partial charge < -0.3 is 14.7 Å². The summed E-state index contributed by atoms with van der Waals surface area (Å²) in [7, 11) is 0. The summed E-state index contributed by atoms with van der Waals surface area (Å²) in [4.78, 5) is 14.4. The van der Waals surface area contributed by atoms with Gasteiger partial charge in [-0.15, -0.1) is 0 Å². The molecule has 0 bridgehead atoms. The number of hydrogen-bond acceptors (Lipinski definition) is 4. The monoisotopic (exact) mass is 293 g/mol. The lowest BCUT2D eigenvalue weighted by atomic mass is 10.1. The lowest BCUT2D eigenvalue weighted by molar-refractivity contribution is -0.120. The molecule has 0 unspecified atom stereocenters. The molecular formula is C16H27N3O2. The van der Waals surface area contributed by atoms with Crippen LogP contribution in [0.25, 0.3) is 0 Å². The van der Waals surface area contributed by atoms with Crippen LogP contribution in [-0.2, 0) is 11.2 Å². The Balaban J connectivity index is 1.63. The van der Waals surface area contributed by atoms with E-state index in [2.05, 4.69) is 15.4 Å². The van der Waals surface area contributed by atoms with Crippen LogP contribution in [0.1, 0.15) is 49.1 Å². The summed E-state index contributed by atoms with van der Waals surface area (Å²) in [5.41, 5.74) is 1.73. The van der Waals surface area contributed by atoms with E-state index in [-0.39, 0.29) is 5.91 Å². The molecule has 0 saturated carbocycles. The molecule has 1 aromatic heterocycles. The predicted octanol–water partition coefficient (Wildman–Crippen LogP) is 2.22. The topological polar surface area (TPSA) is 58.4 Å². The first kappa shape index (κ1) is 16.0. The van der Waals surface area contributed by atoms with Crippen LogP contribution in [0, 0.1) is 13.8 Å². The highest BCUT2D eigenvalue weighted by Gasteiger charge is 2.13. The lowest BCUT2D eigenvalue weighted by Crippen LogP contribution is -2.31. The van der Waals surface area contributed by atoms with Crippen LogP contribution in [0.15, 0.2) is 4.52 Å². The maximum atomic E-state index is 11.9. The normalized spacial score (nSPS) is 16.7. The fourth-order valence-corrected chi connectivity index (χ4v) is 2.87. The number of carbonyl (C=O) groups excluding carboxylic acids is 1. The molecule has 1 aliphatic heterocycles. The van der Waals surface area contributed by atoms with Crippen molar-refractivity contribution in [1.82, 2.24) is 15.4 Å². The fraction of sp³-hybridized carbons (Fsp3) is 0.750. The van der Waals surface area contributed by atoms with Gasteiger partial charge in [-0.1, -0.05) is 18.0 Å². The van der Waals surface area contributed by atoms with Crippen molar-refractivity contribution in [3.05, 3.63) is 17.0 Å². The third-order valence-electron chi connectivity index (χ3n) is 4.19. The van der Waals surface area contributed by atoms with Gasteiger partial charge in [-0.25, -0.2) is 0 Å². The van der Waals surface area contributed by atoms with Gasteiger partial charge in [0.15, 0.2) is 0 Å². The van der Waals surface area contributed by atoms with Crippen LogP contribution >= 0.6 is 0 Å². The van der Waals surface area contributed by atoms with Crippen molar-refractivity contribution in [2.45, 2.75) is 52.4 Å². The quantitative estimate of drug-likeness (QED) is 0.817. The number of nitrogens with zero attached hydrogens (tertiary/aromatic N) is 2. The molecule has 1 aromatic rings. The molecule has 1 N–H and O–H groups in total. The van der Waals surface area contributed by atoms with Crippen molar-refractivity contribution in [3.63, 3.8) is 0 Å². The van der Waals surface area contributed by atoms with Gasteiger partial charge in [-0.05, 0) is 52.7 Å². The third-order valence-corrected chi connectivity index (χ3v) is 4.19. The summed E-state index contributed by atoms with van der Waals surface area (Å²) in [6.45, 7) is 7.99. The Morgan fingerprint density at radius 2 is 1.95 bits per heavy atom. The summed E-state index contributed by atoms with van der Waals surface area (Å²) in [6.07, 6.45) is 6.75. The highest BCUT2D eigenvalue weighted by Crippen LogP contribution is 2.12. The van der Waals surface area contributed by atoms with E-state index in [4.69, 9.17) is 4.52 Å². The molecule has 0 radical (unpaired) electrons. The maximum absolute atomic E-state index is 11.9. The van der Waals surface area contributed by atoms with E-state index in [1.165, 1.54) is 38.8 Å². The minimum absolute atomic E-state index is 0.0558. The van der Waals surface area contributed by atoms with Crippen molar-refractivity contribution in [2.75, 3.05) is 26.2 Å². The molecule has 0 aromatic carbocycles. The van der Waals surface area contributed by atoms with Gasteiger partial charge in [0.2, 0.25) is 5.91 Å². The van der Waals surface area contributed by atoms with Crippen LogP contribution in [-0.4, -0.2) is 42.1 Å². The van der Waals surface area contributed by atoms with Crippen LogP contribution in [0.5, 0.6) is 0 Å². The number of nitrogens with one attached hydrogen (secondary N) is 1. The van der Waals surface area contributed by atoms with Gasteiger partial charge in [0.05, 0.1) is 12.1 Å². The summed E-state index contributed by atoms with van der Waals surface area (Å²) in [5, 5.41) is 6.87. The van der Waals surface area contributed by atoms with E-state index >= 15 is 0 Å². The summed E-state index contributed by atoms with van der Waals surface area (Å²) >= 11 is 0. The Morgan fingerprint density at radius 1 is 1.24 bits per heavy atom. The van der Waals surface area contributed by atoms with Crippen LogP contribution in [0.4, 0.5) is 0 Å². The van der Waals surface area contributed by atoms with Crippen LogP contribution in [0.2, 0.25) is 0 Å². The number of rotatable bonds is 6. The molecule has 0 aliphatic carbocycles. The van der Waals surface area contributed by atoms with E-state index < -0.39 is 0 Å². The van der Waals surface area contributed by atoms with Gasteiger partial charge in [0.1, 0.15) is 5.76 Å². The van der Waals surface area contributed by atoms with Crippen molar-refractivity contribution < 1.29 is 9.32 Å². The van der Waals surface area contributed by atoms with Gasteiger partial charge in [0, 0.05) is 12.1 Å². The van der Waals surface area contributed by atoms with Gasteiger partial charge in [-0.3, -0.25) is 4.79 Å². The molecule has 1 saturated heterocycles. The highest BCUT2D eigenvalue weighted by molar-refractivity contribution is 5.78. The number of likely N-dealkylation sites (tertiary alicyclic amines) is 1. The SMILES string of the molecule is Cc1noc(C)c1CC(=O)NCCCN1CCCCCC1. The zero-order valence-electron chi connectivity index (χ0n) is 13.3. The average Bonchev–Trinajstić information content (AvgIpc) is 2.71. The highest BCUT2D eigenvalue weighted by atomic mass is 16.5. The molecule has 1 fully saturated rings. The molecule has 21 heavy (non-hydrogen) atoms. The Hall–Kier alpha value is -1.36. The number of amides is 1. The zero-order chi connectivity index (χ0) is 15.1. The minimum Gasteiger partial charge on any atom is -0.361 e. The fourth-order valence-electron chi connectivity index (χ4n) is 2.87. The van der Waals surface area contributed by atoms with Crippen molar-refractivity contribution in [3.8, 4) is 0 Å². The molecule has 118 valence electrons. The molecule has 1 amide bonds. The summed E-state index contributed by atoms with van der Waals surface area (Å²) in [5.74, 6) is 0.799. The molecule has 5 heteroatoms. The minimum atomic E-state index is 0.0558. The van der Waals surface area contributed by atoms with Gasteiger partial charge in [0.25, 0.3) is 0 Å². The Kier molecular flexibility index (Phi) is 6.23. The lowest BCUT2D eigenvalue weighted by Gasteiger charge is -2.19. The zero-order valence-corrected chi connectivity index (χ0v) is 13.3. The van der Waals surface area contributed by atoms with Gasteiger partial charge in [-0.2, -0.15) is 0 Å². The molecule has 0 atom stereocenters. The number of carbonyl (C=O) groups is 1. The van der Waals surface area contributed by atoms with Crippen molar-refractivity contribution >= 4 is 5.91 Å². The first-order valence-corrected chi connectivity index (χ1v) is 8.07. The van der Waals surface area contributed by atoms with Crippen molar-refractivity contribution in [1.29, 1.82) is 0 Å². The smallest absolute Gasteiger partial charge is 0.224 e. The van der Waals surface area contributed by atoms with E-state index in [1.807, 2.05) is 13.8 Å². The van der Waals surface area contributed by atoms with Crippen molar-refractivity contribution in [2.24, 2.45) is 0 Å². The Morgan fingerprint density at radius 3 is 2.57 bits per heavy atom. The first-order valence-electron chi connectivity index (χ1n) is 8.07. The van der Waals surface area contributed by atoms with Gasteiger partial charge >= 0.3 is 0 Å². The molecule has 5 nitrogen and oxygen atoms in total. The maximum Gasteiger partial charge on any atom is 0.224 e. The van der Waals surface area contributed by atoms with E-state index in [0.29, 0.717) is 6.42 Å². The van der Waals surface area contributed by atoms with Crippen LogP contribution < -0.4 is 5.32 Å². The summed E-state index contributed by atoms with van der Waals surface area (Å²) < 4.78 is 5.08. The number of hydrogen-bond donors (Lipinski definition) is 1. The Labute approximate surface area is 127 Å². The third kappa shape index (κ3) is 5.16.